The number of rotatable bonds is 11. The molecule has 0 aliphatic rings. The fraction of sp³-hybridized carbons (Fsp3) is 0.333. The van der Waals surface area contributed by atoms with Crippen LogP contribution in [-0.4, -0.2) is 35.6 Å². The molecule has 0 aliphatic carbocycles. The minimum Gasteiger partial charge on any atom is -0.390 e. The molecule has 0 heterocycles. The first-order valence-corrected chi connectivity index (χ1v) is 12.7. The summed E-state index contributed by atoms with van der Waals surface area (Å²) in [6.07, 6.45) is -0.102. The molecule has 0 unspecified atom stereocenters. The Bertz CT molecular complexity index is 1250. The maximum Gasteiger partial charge on any atom is 0.252 e. The third-order valence-electron chi connectivity index (χ3n) is 6.32. The van der Waals surface area contributed by atoms with Gasteiger partial charge in [-0.05, 0) is 78.8 Å². The van der Waals surface area contributed by atoms with Crippen molar-refractivity contribution in [3.63, 3.8) is 0 Å². The van der Waals surface area contributed by atoms with Crippen molar-refractivity contribution in [3.8, 4) is 0 Å². The van der Waals surface area contributed by atoms with Gasteiger partial charge in [-0.25, -0.2) is 8.78 Å². The molecule has 0 radical (unpaired) electrons. The summed E-state index contributed by atoms with van der Waals surface area (Å²) in [5, 5.41) is 19.8. The highest BCUT2D eigenvalue weighted by Crippen LogP contribution is 2.21. The molecule has 8 heteroatoms. The number of hydrogen-bond acceptors (Lipinski definition) is 4. The quantitative estimate of drug-likeness (QED) is 0.296. The van der Waals surface area contributed by atoms with E-state index in [9.17, 15) is 23.5 Å². The second-order valence-electron chi connectivity index (χ2n) is 9.60. The van der Waals surface area contributed by atoms with Gasteiger partial charge in [0.15, 0.2) is 0 Å². The van der Waals surface area contributed by atoms with Crippen LogP contribution in [0.5, 0.6) is 0 Å². The van der Waals surface area contributed by atoms with E-state index in [0.717, 1.165) is 18.1 Å². The molecule has 0 aromatic heterocycles. The molecule has 0 saturated heterocycles. The molecule has 3 aromatic carbocycles. The summed E-state index contributed by atoms with van der Waals surface area (Å²) in [6.45, 7) is 7.66. The van der Waals surface area contributed by atoms with Crippen molar-refractivity contribution in [1.82, 2.24) is 10.6 Å². The molecule has 0 fully saturated rings. The molecular formula is C30H35F2N3O3. The molecule has 2 atom stereocenters. The molecule has 2 amide bonds. The summed E-state index contributed by atoms with van der Waals surface area (Å²) in [7, 11) is 0. The average Bonchev–Trinajstić information content (AvgIpc) is 2.82. The Morgan fingerprint density at radius 3 is 2.16 bits per heavy atom. The van der Waals surface area contributed by atoms with Crippen LogP contribution in [0.25, 0.3) is 0 Å². The van der Waals surface area contributed by atoms with Gasteiger partial charge in [0.25, 0.3) is 5.91 Å². The molecule has 0 spiro atoms. The highest BCUT2D eigenvalue weighted by molar-refractivity contribution is 5.98. The highest BCUT2D eigenvalue weighted by atomic mass is 19.1. The van der Waals surface area contributed by atoms with E-state index < -0.39 is 29.7 Å². The van der Waals surface area contributed by atoms with Gasteiger partial charge in [0.2, 0.25) is 5.91 Å². The fourth-order valence-corrected chi connectivity index (χ4v) is 4.57. The van der Waals surface area contributed by atoms with Crippen LogP contribution in [0, 0.1) is 25.5 Å². The van der Waals surface area contributed by atoms with E-state index in [1.165, 1.54) is 24.6 Å². The molecule has 3 rings (SSSR count). The van der Waals surface area contributed by atoms with Crippen LogP contribution in [0.1, 0.15) is 52.0 Å². The first-order valence-electron chi connectivity index (χ1n) is 12.7. The predicted molar refractivity (Wildman–Crippen MR) is 145 cm³/mol. The molecule has 0 saturated carbocycles. The van der Waals surface area contributed by atoms with Crippen molar-refractivity contribution >= 4 is 17.5 Å². The van der Waals surface area contributed by atoms with Gasteiger partial charge in [-0.2, -0.15) is 0 Å². The zero-order valence-corrected chi connectivity index (χ0v) is 22.2. The van der Waals surface area contributed by atoms with Crippen molar-refractivity contribution in [1.29, 1.82) is 0 Å². The van der Waals surface area contributed by atoms with E-state index in [1.807, 2.05) is 12.1 Å². The Morgan fingerprint density at radius 2 is 1.55 bits per heavy atom. The maximum atomic E-state index is 13.9. The van der Waals surface area contributed by atoms with Gasteiger partial charge in [-0.15, -0.1) is 0 Å². The van der Waals surface area contributed by atoms with Crippen LogP contribution < -0.4 is 16.0 Å². The molecule has 4 N–H and O–H groups in total. The molecule has 0 bridgehead atoms. The lowest BCUT2D eigenvalue weighted by molar-refractivity contribution is -0.114. The lowest BCUT2D eigenvalue weighted by Crippen LogP contribution is -2.49. The SMILES string of the molecule is CCc1cccc(CNC[C@@H](O)[C@H](Cc2cc(F)cc(F)c2)NC(=O)c2c(C)cc(NC(C)=O)cc2C)c1. The number of benzene rings is 3. The van der Waals surface area contributed by atoms with E-state index in [0.29, 0.717) is 34.5 Å². The summed E-state index contributed by atoms with van der Waals surface area (Å²) in [5.41, 5.74) is 4.86. The largest absolute Gasteiger partial charge is 0.390 e. The Labute approximate surface area is 222 Å². The van der Waals surface area contributed by atoms with E-state index >= 15 is 0 Å². The van der Waals surface area contributed by atoms with Gasteiger partial charge in [-0.1, -0.05) is 31.2 Å². The fourth-order valence-electron chi connectivity index (χ4n) is 4.57. The minimum atomic E-state index is -1.04. The standard InChI is InChI=1S/C30H35F2N3O3/c1-5-21-7-6-8-22(11-21)16-33-17-28(37)27(14-23-12-24(31)15-25(32)13-23)35-30(38)29-18(2)9-26(10-19(29)3)34-20(4)36/h6-13,15,27-28,33,37H,5,14,16-17H2,1-4H3,(H,34,36)(H,35,38)/t27-,28+/m0/s1. The minimum absolute atomic E-state index is 0.0245. The molecule has 6 nitrogen and oxygen atoms in total. The first-order chi connectivity index (χ1) is 18.0. The maximum absolute atomic E-state index is 13.9. The number of amides is 2. The number of aliphatic hydroxyl groups is 1. The smallest absolute Gasteiger partial charge is 0.252 e. The number of carbonyl (C=O) groups is 2. The number of aliphatic hydroxyl groups excluding tert-OH is 1. The average molecular weight is 524 g/mol. The second kappa shape index (κ2) is 13.3. The van der Waals surface area contributed by atoms with Crippen molar-refractivity contribution < 1.29 is 23.5 Å². The van der Waals surface area contributed by atoms with Crippen molar-refractivity contribution in [2.45, 2.75) is 59.2 Å². The van der Waals surface area contributed by atoms with Gasteiger partial charge < -0.3 is 21.1 Å². The third-order valence-corrected chi connectivity index (χ3v) is 6.32. The van der Waals surface area contributed by atoms with Crippen LogP contribution in [-0.2, 0) is 24.2 Å². The molecular weight excluding hydrogens is 488 g/mol. The van der Waals surface area contributed by atoms with E-state index in [-0.39, 0.29) is 18.9 Å². The Kier molecular flexibility index (Phi) is 10.1. The number of hydrogen-bond donors (Lipinski definition) is 4. The lowest BCUT2D eigenvalue weighted by Gasteiger charge is -2.26. The highest BCUT2D eigenvalue weighted by Gasteiger charge is 2.24. The van der Waals surface area contributed by atoms with E-state index in [4.69, 9.17) is 0 Å². The molecule has 0 aliphatic heterocycles. The zero-order valence-electron chi connectivity index (χ0n) is 22.2. The van der Waals surface area contributed by atoms with Gasteiger partial charge in [0.05, 0.1) is 12.1 Å². The zero-order chi connectivity index (χ0) is 27.8. The van der Waals surface area contributed by atoms with Gasteiger partial charge >= 0.3 is 0 Å². The lowest BCUT2D eigenvalue weighted by atomic mass is 9.97. The summed E-state index contributed by atoms with van der Waals surface area (Å²) < 4.78 is 27.7. The second-order valence-corrected chi connectivity index (χ2v) is 9.60. The number of carbonyl (C=O) groups excluding carboxylic acids is 2. The Balaban J connectivity index is 1.78. The normalized spacial score (nSPS) is 12.6. The number of aryl methyl sites for hydroxylation is 3. The van der Waals surface area contributed by atoms with Gasteiger partial charge in [0.1, 0.15) is 11.6 Å². The predicted octanol–water partition coefficient (Wildman–Crippen LogP) is 4.59. The Morgan fingerprint density at radius 1 is 0.921 bits per heavy atom. The van der Waals surface area contributed by atoms with Gasteiger partial charge in [0, 0.05) is 37.3 Å². The first kappa shape index (κ1) is 28.9. The molecule has 3 aromatic rings. The number of halogens is 2. The van der Waals surface area contributed by atoms with Crippen molar-refractivity contribution in [2.24, 2.45) is 0 Å². The third kappa shape index (κ3) is 8.19. The van der Waals surface area contributed by atoms with Crippen molar-refractivity contribution in [3.05, 3.63) is 99.6 Å². The molecule has 38 heavy (non-hydrogen) atoms. The van der Waals surface area contributed by atoms with Crippen molar-refractivity contribution in [2.75, 3.05) is 11.9 Å². The van der Waals surface area contributed by atoms with Crippen LogP contribution in [0.15, 0.2) is 54.6 Å². The number of nitrogens with one attached hydrogen (secondary N) is 3. The molecule has 202 valence electrons. The van der Waals surface area contributed by atoms with E-state index in [1.54, 1.807) is 26.0 Å². The summed E-state index contributed by atoms with van der Waals surface area (Å²) >= 11 is 0. The summed E-state index contributed by atoms with van der Waals surface area (Å²) in [6, 6.07) is 13.8. The van der Waals surface area contributed by atoms with Crippen LogP contribution in [0.2, 0.25) is 0 Å². The monoisotopic (exact) mass is 523 g/mol. The number of anilines is 1. The summed E-state index contributed by atoms with van der Waals surface area (Å²) in [4.78, 5) is 24.8. The van der Waals surface area contributed by atoms with Crippen LogP contribution in [0.4, 0.5) is 14.5 Å². The topological polar surface area (TPSA) is 90.5 Å². The Hall–Kier alpha value is -3.62. The summed E-state index contributed by atoms with van der Waals surface area (Å²) in [5.74, 6) is -2.10. The van der Waals surface area contributed by atoms with Gasteiger partial charge in [-0.3, -0.25) is 9.59 Å². The van der Waals surface area contributed by atoms with Crippen LogP contribution >= 0.6 is 0 Å². The van der Waals surface area contributed by atoms with E-state index in [2.05, 4.69) is 35.0 Å². The van der Waals surface area contributed by atoms with Crippen LogP contribution in [0.3, 0.4) is 0 Å².